The molecule has 9 nitrogen and oxygen atoms in total. The van der Waals surface area contributed by atoms with Crippen molar-refractivity contribution >= 4 is 29.2 Å². The van der Waals surface area contributed by atoms with Crippen LogP contribution in [-0.4, -0.2) is 49.8 Å². The Morgan fingerprint density at radius 1 is 1.02 bits per heavy atom. The molecule has 2 N–H and O–H groups in total. The molecule has 1 saturated carbocycles. The predicted octanol–water partition coefficient (Wildman–Crippen LogP) is 5.12. The highest BCUT2D eigenvalue weighted by molar-refractivity contribution is 6.00. The second-order valence-electron chi connectivity index (χ2n) is 10.4. The van der Waals surface area contributed by atoms with Crippen LogP contribution in [-0.2, 0) is 17.4 Å². The third-order valence-electron chi connectivity index (χ3n) is 7.00. The van der Waals surface area contributed by atoms with E-state index in [2.05, 4.69) is 34.9 Å². The van der Waals surface area contributed by atoms with E-state index in [-0.39, 0.29) is 29.7 Å². The Bertz CT molecular complexity index is 1300. The molecule has 0 radical (unpaired) electrons. The first-order chi connectivity index (χ1) is 19.0. The maximum absolute atomic E-state index is 13.6. The standard InChI is InChI=1S/C28H33F3N6O3/c1-35(2)17-20-9-11-23(12-10-20)37-18-25(40-34-37)33-27(39)32-22-14-21(28(29,30)31)15-24(16-22)36(3)26(38)13-19-7-5-4-6-8-19/h4-8,14-16,18,20,23H,9-13,17H2,1-3H3,(H-,32,33,34,39)/p+1. The van der Waals surface area contributed by atoms with E-state index < -0.39 is 23.7 Å². The van der Waals surface area contributed by atoms with Gasteiger partial charge in [0.2, 0.25) is 11.2 Å². The summed E-state index contributed by atoms with van der Waals surface area (Å²) in [6.45, 7) is 1.04. The van der Waals surface area contributed by atoms with Crippen molar-refractivity contribution in [1.82, 2.24) is 10.2 Å². The Morgan fingerprint density at radius 2 is 1.73 bits per heavy atom. The fourth-order valence-electron chi connectivity index (χ4n) is 4.94. The summed E-state index contributed by atoms with van der Waals surface area (Å²) in [4.78, 5) is 28.7. The Morgan fingerprint density at radius 3 is 2.38 bits per heavy atom. The van der Waals surface area contributed by atoms with Gasteiger partial charge in [0.05, 0.1) is 12.0 Å². The predicted molar refractivity (Wildman–Crippen MR) is 144 cm³/mol. The first-order valence-electron chi connectivity index (χ1n) is 13.1. The average Bonchev–Trinajstić information content (AvgIpc) is 3.36. The van der Waals surface area contributed by atoms with Gasteiger partial charge in [-0.15, -0.1) is 0 Å². The first kappa shape index (κ1) is 29.1. The Kier molecular flexibility index (Phi) is 9.08. The number of urea groups is 1. The van der Waals surface area contributed by atoms with Crippen LogP contribution in [0.4, 0.5) is 35.2 Å². The molecule has 1 aliphatic rings. The number of likely N-dealkylation sites (N-methyl/N-ethyl adjacent to an activating group) is 1. The number of rotatable bonds is 8. The lowest BCUT2D eigenvalue weighted by Gasteiger charge is -2.26. The van der Waals surface area contributed by atoms with Gasteiger partial charge < -0.3 is 15.1 Å². The van der Waals surface area contributed by atoms with Crippen LogP contribution in [0.1, 0.15) is 42.9 Å². The smallest absolute Gasteiger partial charge is 0.315 e. The number of benzene rings is 2. The molecule has 0 aliphatic heterocycles. The monoisotopic (exact) mass is 559 g/mol. The van der Waals surface area contributed by atoms with Crippen LogP contribution in [0.3, 0.4) is 0 Å². The summed E-state index contributed by atoms with van der Waals surface area (Å²) in [5, 5.41) is 8.91. The Hall–Kier alpha value is -3.93. The van der Waals surface area contributed by atoms with E-state index in [1.807, 2.05) is 6.07 Å². The molecule has 12 heteroatoms. The molecule has 0 atom stereocenters. The third kappa shape index (κ3) is 7.81. The average molecular weight is 560 g/mol. The highest BCUT2D eigenvalue weighted by Crippen LogP contribution is 2.35. The van der Waals surface area contributed by atoms with Crippen LogP contribution in [0.15, 0.2) is 59.3 Å². The number of hydrogen-bond donors (Lipinski definition) is 2. The first-order valence-corrected chi connectivity index (χ1v) is 13.1. The van der Waals surface area contributed by atoms with Gasteiger partial charge in [0, 0.05) is 37.8 Å². The van der Waals surface area contributed by atoms with E-state index in [1.165, 1.54) is 13.1 Å². The van der Waals surface area contributed by atoms with Gasteiger partial charge in [-0.2, -0.15) is 13.2 Å². The molecule has 1 heterocycles. The zero-order valence-electron chi connectivity index (χ0n) is 22.7. The number of amides is 3. The molecule has 0 spiro atoms. The highest BCUT2D eigenvalue weighted by Gasteiger charge is 2.33. The van der Waals surface area contributed by atoms with E-state index in [0.29, 0.717) is 5.92 Å². The van der Waals surface area contributed by atoms with Crippen molar-refractivity contribution in [3.8, 4) is 0 Å². The number of carbonyl (C=O) groups excluding carboxylic acids is 2. The summed E-state index contributed by atoms with van der Waals surface area (Å²) >= 11 is 0. The summed E-state index contributed by atoms with van der Waals surface area (Å²) in [6, 6.07) is 11.2. The SMILES string of the molecule is CN(C)CC1CCC([n+]2cc(NC(=O)Nc3cc(N(C)C(=O)Cc4ccccc4)cc(C(F)(F)F)c3)on2)CC1. The van der Waals surface area contributed by atoms with Crippen LogP contribution >= 0.6 is 0 Å². The number of halogens is 3. The largest absolute Gasteiger partial charge is 0.416 e. The van der Waals surface area contributed by atoms with Crippen molar-refractivity contribution in [3.63, 3.8) is 0 Å². The van der Waals surface area contributed by atoms with Crippen LogP contribution in [0, 0.1) is 5.92 Å². The van der Waals surface area contributed by atoms with Gasteiger partial charge in [-0.05, 0) is 61.3 Å². The Balaban J connectivity index is 1.41. The second-order valence-corrected chi connectivity index (χ2v) is 10.4. The lowest BCUT2D eigenvalue weighted by atomic mass is 9.86. The summed E-state index contributed by atoms with van der Waals surface area (Å²) in [5.74, 6) is 0.297. The molecule has 0 bridgehead atoms. The number of nitrogens with zero attached hydrogens (tertiary/aromatic N) is 4. The molecule has 214 valence electrons. The number of aromatic nitrogens is 2. The van der Waals surface area contributed by atoms with Crippen molar-refractivity contribution in [2.75, 3.05) is 43.2 Å². The summed E-state index contributed by atoms with van der Waals surface area (Å²) in [6.07, 6.45) is 0.895. The van der Waals surface area contributed by atoms with Crippen molar-refractivity contribution < 1.29 is 32.0 Å². The Labute approximate surface area is 230 Å². The number of nitrogens with one attached hydrogen (secondary N) is 2. The van der Waals surface area contributed by atoms with E-state index in [4.69, 9.17) is 4.52 Å². The van der Waals surface area contributed by atoms with Crippen molar-refractivity contribution in [2.45, 2.75) is 44.3 Å². The topological polar surface area (TPSA) is 94.6 Å². The number of anilines is 3. The maximum Gasteiger partial charge on any atom is 0.416 e. The van der Waals surface area contributed by atoms with E-state index in [0.717, 1.165) is 54.8 Å². The highest BCUT2D eigenvalue weighted by atomic mass is 19.4. The molecule has 2 aromatic carbocycles. The lowest BCUT2D eigenvalue weighted by Crippen LogP contribution is -2.43. The van der Waals surface area contributed by atoms with Crippen molar-refractivity contribution in [3.05, 3.63) is 65.9 Å². The van der Waals surface area contributed by atoms with Crippen LogP contribution in [0.5, 0.6) is 0 Å². The van der Waals surface area contributed by atoms with Gasteiger partial charge in [-0.25, -0.2) is 4.79 Å². The maximum atomic E-state index is 13.6. The molecule has 40 heavy (non-hydrogen) atoms. The van der Waals surface area contributed by atoms with Gasteiger partial charge in [0.1, 0.15) is 0 Å². The minimum atomic E-state index is -4.69. The van der Waals surface area contributed by atoms with Crippen molar-refractivity contribution in [1.29, 1.82) is 0 Å². The summed E-state index contributed by atoms with van der Waals surface area (Å²) in [5.41, 5.74) is -0.404. The minimum Gasteiger partial charge on any atom is -0.315 e. The summed E-state index contributed by atoms with van der Waals surface area (Å²) < 4.78 is 47.9. The van der Waals surface area contributed by atoms with Gasteiger partial charge in [-0.1, -0.05) is 30.3 Å². The fraction of sp³-hybridized carbons (Fsp3) is 0.429. The number of carbonyl (C=O) groups is 2. The van der Waals surface area contributed by atoms with Gasteiger partial charge in [-0.3, -0.25) is 14.6 Å². The third-order valence-corrected chi connectivity index (χ3v) is 7.00. The molecule has 3 amide bonds. The number of hydrogen-bond acceptors (Lipinski definition) is 5. The normalized spacial score (nSPS) is 17.5. The zero-order chi connectivity index (χ0) is 28.9. The van der Waals surface area contributed by atoms with Gasteiger partial charge in [0.15, 0.2) is 6.04 Å². The fourth-order valence-corrected chi connectivity index (χ4v) is 4.94. The number of alkyl halides is 3. The zero-order valence-corrected chi connectivity index (χ0v) is 22.7. The minimum absolute atomic E-state index is 0.00608. The van der Waals surface area contributed by atoms with E-state index >= 15 is 0 Å². The van der Waals surface area contributed by atoms with Gasteiger partial charge >= 0.3 is 18.1 Å². The van der Waals surface area contributed by atoms with Crippen LogP contribution in [0.25, 0.3) is 0 Å². The molecular formula is C28H34F3N6O3+. The molecule has 1 aromatic heterocycles. The van der Waals surface area contributed by atoms with Crippen LogP contribution < -0.4 is 20.2 Å². The second kappa shape index (κ2) is 12.5. The molecular weight excluding hydrogens is 525 g/mol. The van der Waals surface area contributed by atoms with Crippen molar-refractivity contribution in [2.24, 2.45) is 5.92 Å². The quantitative estimate of drug-likeness (QED) is 0.374. The molecule has 4 rings (SSSR count). The molecule has 1 aliphatic carbocycles. The molecule has 1 fully saturated rings. The van der Waals surface area contributed by atoms with Crippen LogP contribution in [0.2, 0.25) is 0 Å². The molecule has 0 saturated heterocycles. The molecule has 3 aromatic rings. The summed E-state index contributed by atoms with van der Waals surface area (Å²) in [7, 11) is 5.52. The molecule has 0 unspecified atom stereocenters. The van der Waals surface area contributed by atoms with Gasteiger partial charge in [0.25, 0.3) is 6.20 Å². The van der Waals surface area contributed by atoms with E-state index in [9.17, 15) is 22.8 Å². The van der Waals surface area contributed by atoms with E-state index in [1.54, 1.807) is 35.1 Å². The lowest BCUT2D eigenvalue weighted by molar-refractivity contribution is -0.787.